The van der Waals surface area contributed by atoms with E-state index in [1.807, 2.05) is 28.9 Å². The number of imidazole rings is 1. The summed E-state index contributed by atoms with van der Waals surface area (Å²) >= 11 is 0. The number of hydrogen-bond acceptors (Lipinski definition) is 6. The van der Waals surface area contributed by atoms with Crippen molar-refractivity contribution >= 4 is 22.8 Å². The maximum atomic E-state index is 5.43. The average molecular weight is 372 g/mol. The molecule has 1 saturated heterocycles. The Kier molecular flexibility index (Phi) is 4.34. The van der Waals surface area contributed by atoms with Gasteiger partial charge in [0, 0.05) is 61.0 Å². The number of nitrogens with zero attached hydrogens (tertiary/aromatic N) is 5. The maximum Gasteiger partial charge on any atom is 0.180 e. The molecule has 0 aliphatic carbocycles. The summed E-state index contributed by atoms with van der Waals surface area (Å²) in [5.41, 5.74) is 4.84. The van der Waals surface area contributed by atoms with Crippen LogP contribution in [0, 0.1) is 0 Å². The van der Waals surface area contributed by atoms with Gasteiger partial charge in [0.05, 0.1) is 18.9 Å². The predicted octanol–water partition coefficient (Wildman–Crippen LogP) is 3.37. The molecule has 0 unspecified atom stereocenters. The molecule has 0 bridgehead atoms. The minimum absolute atomic E-state index is 0.721. The highest BCUT2D eigenvalue weighted by molar-refractivity contribution is 5.74. The second kappa shape index (κ2) is 7.28. The molecule has 3 aromatic heterocycles. The molecule has 5 rings (SSSR count). The first-order valence-electron chi connectivity index (χ1n) is 9.31. The number of morpholine rings is 1. The number of ether oxygens (including phenoxy) is 1. The molecule has 0 saturated carbocycles. The van der Waals surface area contributed by atoms with Gasteiger partial charge in [-0.25, -0.2) is 9.97 Å². The topological polar surface area (TPSA) is 67.6 Å². The number of benzene rings is 1. The van der Waals surface area contributed by atoms with Gasteiger partial charge in [0.1, 0.15) is 0 Å². The van der Waals surface area contributed by atoms with Gasteiger partial charge in [0.25, 0.3) is 0 Å². The number of nitrogens with one attached hydrogen (secondary N) is 1. The number of pyridine rings is 1. The number of anilines is 3. The maximum absolute atomic E-state index is 5.43. The van der Waals surface area contributed by atoms with Crippen LogP contribution in [0.5, 0.6) is 0 Å². The zero-order valence-corrected chi connectivity index (χ0v) is 15.3. The van der Waals surface area contributed by atoms with Crippen LogP contribution >= 0.6 is 0 Å². The van der Waals surface area contributed by atoms with Gasteiger partial charge in [0.2, 0.25) is 0 Å². The van der Waals surface area contributed by atoms with E-state index in [1.54, 1.807) is 18.6 Å². The Labute approximate surface area is 162 Å². The lowest BCUT2D eigenvalue weighted by Gasteiger charge is -2.28. The van der Waals surface area contributed by atoms with Crippen LogP contribution in [0.4, 0.5) is 17.2 Å². The van der Waals surface area contributed by atoms with Gasteiger partial charge in [-0.15, -0.1) is 0 Å². The number of hydrogen-bond donors (Lipinski definition) is 1. The van der Waals surface area contributed by atoms with Gasteiger partial charge in [-0.05, 0) is 36.4 Å². The fourth-order valence-electron chi connectivity index (χ4n) is 3.39. The molecule has 0 radical (unpaired) electrons. The fraction of sp³-hybridized carbons (Fsp3) is 0.190. The van der Waals surface area contributed by atoms with E-state index in [0.29, 0.717) is 0 Å². The molecule has 0 amide bonds. The molecular formula is C21H20N6O. The summed E-state index contributed by atoms with van der Waals surface area (Å²) in [6.07, 6.45) is 9.22. The smallest absolute Gasteiger partial charge is 0.180 e. The summed E-state index contributed by atoms with van der Waals surface area (Å²) in [5, 5.41) is 3.42. The Morgan fingerprint density at radius 3 is 2.50 bits per heavy atom. The van der Waals surface area contributed by atoms with Crippen molar-refractivity contribution in [2.75, 3.05) is 36.5 Å². The molecular weight excluding hydrogens is 352 g/mol. The summed E-state index contributed by atoms with van der Waals surface area (Å²) in [4.78, 5) is 15.7. The van der Waals surface area contributed by atoms with Gasteiger partial charge in [-0.2, -0.15) is 0 Å². The molecule has 0 spiro atoms. The van der Waals surface area contributed by atoms with E-state index < -0.39 is 0 Å². The minimum atomic E-state index is 0.721. The van der Waals surface area contributed by atoms with E-state index in [1.165, 1.54) is 5.69 Å². The summed E-state index contributed by atoms with van der Waals surface area (Å²) < 4.78 is 7.41. The zero-order valence-electron chi connectivity index (χ0n) is 15.3. The quantitative estimate of drug-likeness (QED) is 0.592. The van der Waals surface area contributed by atoms with Gasteiger partial charge in [-0.3, -0.25) is 4.98 Å². The third kappa shape index (κ3) is 3.27. The predicted molar refractivity (Wildman–Crippen MR) is 109 cm³/mol. The molecule has 1 aromatic carbocycles. The molecule has 4 heterocycles. The lowest BCUT2D eigenvalue weighted by molar-refractivity contribution is 0.122. The highest BCUT2D eigenvalue weighted by Crippen LogP contribution is 2.25. The van der Waals surface area contributed by atoms with Crippen LogP contribution < -0.4 is 10.2 Å². The van der Waals surface area contributed by atoms with Gasteiger partial charge in [0.15, 0.2) is 11.5 Å². The molecule has 140 valence electrons. The normalized spacial score (nSPS) is 14.4. The van der Waals surface area contributed by atoms with E-state index in [9.17, 15) is 0 Å². The van der Waals surface area contributed by atoms with Crippen molar-refractivity contribution in [3.05, 3.63) is 67.4 Å². The van der Waals surface area contributed by atoms with Crippen molar-refractivity contribution in [2.45, 2.75) is 0 Å². The van der Waals surface area contributed by atoms with Crippen molar-refractivity contribution in [2.24, 2.45) is 0 Å². The number of fused-ring (bicyclic) bond motifs is 1. The Hall–Kier alpha value is -3.45. The van der Waals surface area contributed by atoms with Gasteiger partial charge in [-0.1, -0.05) is 0 Å². The van der Waals surface area contributed by atoms with Crippen LogP contribution in [-0.4, -0.2) is 45.7 Å². The van der Waals surface area contributed by atoms with Crippen LogP contribution in [0.2, 0.25) is 0 Å². The third-order valence-corrected chi connectivity index (χ3v) is 4.86. The van der Waals surface area contributed by atoms with Crippen LogP contribution in [0.25, 0.3) is 16.9 Å². The lowest BCUT2D eigenvalue weighted by Crippen LogP contribution is -2.36. The van der Waals surface area contributed by atoms with Crippen molar-refractivity contribution in [1.82, 2.24) is 19.4 Å². The number of rotatable bonds is 4. The summed E-state index contributed by atoms with van der Waals surface area (Å²) in [5.74, 6) is 0.721. The SMILES string of the molecule is c1cc(-c2cn3ccnc3c(Nc3ccc(N4CCOCC4)cc3)n2)ccn1. The Morgan fingerprint density at radius 2 is 1.71 bits per heavy atom. The molecule has 0 atom stereocenters. The first-order chi connectivity index (χ1) is 13.9. The van der Waals surface area contributed by atoms with E-state index in [-0.39, 0.29) is 0 Å². The molecule has 4 aromatic rings. The third-order valence-electron chi connectivity index (χ3n) is 4.86. The summed E-state index contributed by atoms with van der Waals surface area (Å²) in [6.45, 7) is 3.42. The second-order valence-corrected chi connectivity index (χ2v) is 6.64. The molecule has 7 heteroatoms. The van der Waals surface area contributed by atoms with E-state index >= 15 is 0 Å². The van der Waals surface area contributed by atoms with Gasteiger partial charge < -0.3 is 19.4 Å². The van der Waals surface area contributed by atoms with Gasteiger partial charge >= 0.3 is 0 Å². The largest absolute Gasteiger partial charge is 0.378 e. The molecule has 1 fully saturated rings. The lowest BCUT2D eigenvalue weighted by atomic mass is 10.2. The standard InChI is InChI=1S/C21H20N6O/c1-3-18(26-11-13-28-14-12-26)4-2-17(1)24-20-21-23-9-10-27(21)15-19(25-20)16-5-7-22-8-6-16/h1-10,15H,11-14H2,(H,24,25). The molecule has 7 nitrogen and oxygen atoms in total. The molecule has 1 aliphatic rings. The van der Waals surface area contributed by atoms with E-state index in [2.05, 4.69) is 44.5 Å². The summed E-state index contributed by atoms with van der Waals surface area (Å²) in [7, 11) is 0. The monoisotopic (exact) mass is 372 g/mol. The van der Waals surface area contributed by atoms with Crippen molar-refractivity contribution < 1.29 is 4.74 Å². The Balaban J connectivity index is 1.45. The fourth-order valence-corrected chi connectivity index (χ4v) is 3.39. The van der Waals surface area contributed by atoms with Crippen LogP contribution in [-0.2, 0) is 4.74 Å². The van der Waals surface area contributed by atoms with Crippen LogP contribution in [0.15, 0.2) is 67.4 Å². The number of aromatic nitrogens is 4. The zero-order chi connectivity index (χ0) is 18.8. The van der Waals surface area contributed by atoms with E-state index in [4.69, 9.17) is 9.72 Å². The highest BCUT2D eigenvalue weighted by atomic mass is 16.5. The van der Waals surface area contributed by atoms with Crippen molar-refractivity contribution in [1.29, 1.82) is 0 Å². The Bertz CT molecular complexity index is 1070. The van der Waals surface area contributed by atoms with E-state index in [0.717, 1.165) is 54.7 Å². The molecule has 28 heavy (non-hydrogen) atoms. The molecule has 1 aliphatic heterocycles. The molecule has 1 N–H and O–H groups in total. The van der Waals surface area contributed by atoms with Crippen molar-refractivity contribution in [3.8, 4) is 11.3 Å². The Morgan fingerprint density at radius 1 is 0.929 bits per heavy atom. The van der Waals surface area contributed by atoms with Crippen molar-refractivity contribution in [3.63, 3.8) is 0 Å². The minimum Gasteiger partial charge on any atom is -0.378 e. The van der Waals surface area contributed by atoms with Crippen LogP contribution in [0.1, 0.15) is 0 Å². The first kappa shape index (κ1) is 16.7. The second-order valence-electron chi connectivity index (χ2n) is 6.64. The summed E-state index contributed by atoms with van der Waals surface area (Å²) in [6, 6.07) is 12.3. The average Bonchev–Trinajstić information content (AvgIpc) is 3.25. The highest BCUT2D eigenvalue weighted by Gasteiger charge is 2.12. The first-order valence-corrected chi connectivity index (χ1v) is 9.31. The van der Waals surface area contributed by atoms with Crippen LogP contribution in [0.3, 0.4) is 0 Å².